The van der Waals surface area contributed by atoms with Crippen LogP contribution in [0.3, 0.4) is 0 Å². The molecule has 1 aromatic rings. The van der Waals surface area contributed by atoms with Crippen LogP contribution in [0.2, 0.25) is 0 Å². The highest BCUT2D eigenvalue weighted by Gasteiger charge is 2.25. The van der Waals surface area contributed by atoms with Gasteiger partial charge in [-0.1, -0.05) is 13.8 Å². The Morgan fingerprint density at radius 1 is 0.688 bits per heavy atom. The van der Waals surface area contributed by atoms with Gasteiger partial charge in [-0.05, 0) is 18.1 Å². The van der Waals surface area contributed by atoms with Crippen LogP contribution < -0.4 is 4.74 Å². The third-order valence-corrected chi connectivity index (χ3v) is 7.57. The monoisotopic (exact) mass is 680 g/mol. The summed E-state index contributed by atoms with van der Waals surface area (Å²) in [7, 11) is 3.92. The largest absolute Gasteiger partial charge is 0.468 e. The fourth-order valence-electron chi connectivity index (χ4n) is 4.89. The van der Waals surface area contributed by atoms with Crippen LogP contribution in [0.25, 0.3) is 0 Å². The molecule has 1 aliphatic heterocycles. The van der Waals surface area contributed by atoms with Gasteiger partial charge >= 0.3 is 23.9 Å². The van der Waals surface area contributed by atoms with Gasteiger partial charge < -0.3 is 23.8 Å². The predicted molar refractivity (Wildman–Crippen MR) is 172 cm³/mol. The van der Waals surface area contributed by atoms with Crippen molar-refractivity contribution in [2.75, 3.05) is 113 Å². The summed E-state index contributed by atoms with van der Waals surface area (Å²) in [5.41, 5.74) is -0.147. The van der Waals surface area contributed by atoms with Crippen molar-refractivity contribution in [1.29, 1.82) is 0 Å². The molecule has 2 rings (SSSR count). The summed E-state index contributed by atoms with van der Waals surface area (Å²) < 4.78 is 20.0. The Hall–Kier alpha value is -4.19. The molecule has 1 aromatic carbocycles. The molecule has 1 aliphatic rings. The first-order chi connectivity index (χ1) is 22.8. The number of nitro groups is 1. The van der Waals surface area contributed by atoms with E-state index in [4.69, 9.17) is 18.9 Å². The van der Waals surface area contributed by atoms with Crippen molar-refractivity contribution in [3.63, 3.8) is 0 Å². The summed E-state index contributed by atoms with van der Waals surface area (Å²) in [6.45, 7) is 6.97. The molecule has 17 nitrogen and oxygen atoms in total. The number of hydrogen-bond acceptors (Lipinski definition) is 15. The SMILES string of the molecule is COC(=O)CN1CCN(CC(=O)OC)CCN(CC(=O)N(CC(=O)Oc2ccc([N+](=O)[O-])cc2)CC(C)C)CCN(CC(=O)OC)CC1. The van der Waals surface area contributed by atoms with Crippen molar-refractivity contribution in [2.45, 2.75) is 13.8 Å². The van der Waals surface area contributed by atoms with Crippen LogP contribution in [0.5, 0.6) is 5.75 Å². The molecule has 0 unspecified atom stereocenters. The minimum absolute atomic E-state index is 0.00672. The number of benzene rings is 1. The van der Waals surface area contributed by atoms with E-state index in [0.29, 0.717) is 52.4 Å². The number of hydrogen-bond donors (Lipinski definition) is 0. The highest BCUT2D eigenvalue weighted by molar-refractivity contribution is 5.84. The van der Waals surface area contributed by atoms with E-state index < -0.39 is 28.8 Å². The van der Waals surface area contributed by atoms with E-state index in [1.807, 2.05) is 33.4 Å². The van der Waals surface area contributed by atoms with Crippen molar-refractivity contribution in [1.82, 2.24) is 24.5 Å². The number of carbonyl (C=O) groups is 5. The summed E-state index contributed by atoms with van der Waals surface area (Å²) >= 11 is 0. The van der Waals surface area contributed by atoms with Crippen molar-refractivity contribution in [3.8, 4) is 5.75 Å². The smallest absolute Gasteiger partial charge is 0.331 e. The first kappa shape index (κ1) is 40.0. The quantitative estimate of drug-likeness (QED) is 0.0822. The van der Waals surface area contributed by atoms with Gasteiger partial charge in [-0.2, -0.15) is 0 Å². The normalized spacial score (nSPS) is 15.9. The lowest BCUT2D eigenvalue weighted by Gasteiger charge is -2.34. The Kier molecular flexibility index (Phi) is 17.4. The molecule has 1 amide bonds. The zero-order valence-electron chi connectivity index (χ0n) is 28.5. The van der Waals surface area contributed by atoms with E-state index in [-0.39, 0.29) is 62.5 Å². The van der Waals surface area contributed by atoms with Gasteiger partial charge in [0.05, 0.1) is 52.4 Å². The molecule has 0 bridgehead atoms. The lowest BCUT2D eigenvalue weighted by molar-refractivity contribution is -0.384. The highest BCUT2D eigenvalue weighted by atomic mass is 16.6. The maximum Gasteiger partial charge on any atom is 0.331 e. The van der Waals surface area contributed by atoms with Crippen molar-refractivity contribution in [2.24, 2.45) is 5.92 Å². The third kappa shape index (κ3) is 15.1. The third-order valence-electron chi connectivity index (χ3n) is 7.57. The highest BCUT2D eigenvalue weighted by Crippen LogP contribution is 2.17. The Balaban J connectivity index is 2.23. The van der Waals surface area contributed by atoms with Crippen molar-refractivity contribution >= 4 is 35.5 Å². The van der Waals surface area contributed by atoms with Gasteiger partial charge in [-0.15, -0.1) is 0 Å². The predicted octanol–water partition coefficient (Wildman–Crippen LogP) is -0.275. The van der Waals surface area contributed by atoms with Crippen LogP contribution in [0.15, 0.2) is 24.3 Å². The van der Waals surface area contributed by atoms with Gasteiger partial charge in [-0.3, -0.25) is 48.9 Å². The molecule has 1 fully saturated rings. The number of methoxy groups -OCH3 is 3. The molecule has 268 valence electrons. The second-order valence-electron chi connectivity index (χ2n) is 11.7. The molecule has 48 heavy (non-hydrogen) atoms. The van der Waals surface area contributed by atoms with Crippen LogP contribution >= 0.6 is 0 Å². The average molecular weight is 681 g/mol. The molecule has 0 saturated carbocycles. The summed E-state index contributed by atoms with van der Waals surface area (Å²) in [6.07, 6.45) is 0. The number of nitro benzene ring substituents is 1. The maximum atomic E-state index is 13.7. The van der Waals surface area contributed by atoms with Crippen LogP contribution in [-0.2, 0) is 38.2 Å². The van der Waals surface area contributed by atoms with Crippen LogP contribution in [0.4, 0.5) is 5.69 Å². The molecule has 1 heterocycles. The molecular weight excluding hydrogens is 632 g/mol. The fourth-order valence-corrected chi connectivity index (χ4v) is 4.89. The van der Waals surface area contributed by atoms with E-state index in [1.165, 1.54) is 50.5 Å². The molecule has 0 aromatic heterocycles. The van der Waals surface area contributed by atoms with Crippen LogP contribution in [0.1, 0.15) is 13.8 Å². The molecule has 0 spiro atoms. The zero-order valence-corrected chi connectivity index (χ0v) is 28.5. The number of carbonyl (C=O) groups excluding carboxylic acids is 5. The van der Waals surface area contributed by atoms with Gasteiger partial charge in [-0.25, -0.2) is 4.79 Å². The molecular formula is C31H48N6O11. The van der Waals surface area contributed by atoms with Crippen molar-refractivity contribution in [3.05, 3.63) is 34.4 Å². The Labute approximate surface area is 280 Å². The van der Waals surface area contributed by atoms with E-state index in [9.17, 15) is 34.1 Å². The van der Waals surface area contributed by atoms with Crippen molar-refractivity contribution < 1.29 is 47.8 Å². The standard InChI is InChI=1S/C31H48N6O11/c1-24(2)18-36(23-31(42)48-26-8-6-25(7-9-26)37(43)44)27(38)19-32-10-12-33(20-28(39)45-3)14-16-35(22-30(41)47-5)17-15-34(13-11-32)21-29(40)46-4/h6-9,24H,10-23H2,1-5H3. The fraction of sp³-hybridized carbons (Fsp3) is 0.645. The van der Waals surface area contributed by atoms with Gasteiger partial charge in [0.2, 0.25) is 5.91 Å². The number of esters is 4. The van der Waals surface area contributed by atoms with Gasteiger partial charge in [0.15, 0.2) is 0 Å². The molecule has 0 aliphatic carbocycles. The second-order valence-corrected chi connectivity index (χ2v) is 11.7. The first-order valence-corrected chi connectivity index (χ1v) is 15.7. The zero-order chi connectivity index (χ0) is 35.6. The summed E-state index contributed by atoms with van der Waals surface area (Å²) in [4.78, 5) is 82.4. The molecule has 0 atom stereocenters. The number of non-ortho nitro benzene ring substituents is 1. The molecule has 1 saturated heterocycles. The average Bonchev–Trinajstić information content (AvgIpc) is 3.04. The van der Waals surface area contributed by atoms with Gasteiger partial charge in [0, 0.05) is 71.0 Å². The summed E-state index contributed by atoms with van der Waals surface area (Å²) in [5.74, 6) is -2.13. The number of amides is 1. The lowest BCUT2D eigenvalue weighted by Crippen LogP contribution is -2.51. The molecule has 17 heteroatoms. The lowest BCUT2D eigenvalue weighted by atomic mass is 10.2. The van der Waals surface area contributed by atoms with E-state index in [1.54, 1.807) is 0 Å². The van der Waals surface area contributed by atoms with Crippen LogP contribution in [0, 0.1) is 16.0 Å². The minimum Gasteiger partial charge on any atom is -0.468 e. The Morgan fingerprint density at radius 2 is 1.06 bits per heavy atom. The van der Waals surface area contributed by atoms with E-state index in [0.717, 1.165) is 0 Å². The minimum atomic E-state index is -0.698. The second kappa shape index (κ2) is 20.9. The number of rotatable bonds is 14. The number of nitrogens with zero attached hydrogens (tertiary/aromatic N) is 6. The number of ether oxygens (including phenoxy) is 4. The van der Waals surface area contributed by atoms with E-state index in [2.05, 4.69) is 0 Å². The Bertz CT molecular complexity index is 1200. The topological polar surface area (TPSA) is 182 Å². The molecule has 0 radical (unpaired) electrons. The first-order valence-electron chi connectivity index (χ1n) is 15.7. The van der Waals surface area contributed by atoms with E-state index >= 15 is 0 Å². The summed E-state index contributed by atoms with van der Waals surface area (Å²) in [6, 6.07) is 5.08. The van der Waals surface area contributed by atoms with Gasteiger partial charge in [0.1, 0.15) is 12.3 Å². The Morgan fingerprint density at radius 3 is 1.40 bits per heavy atom. The van der Waals surface area contributed by atoms with Crippen LogP contribution in [-0.4, -0.2) is 172 Å². The summed E-state index contributed by atoms with van der Waals surface area (Å²) in [5, 5.41) is 10.9. The molecule has 0 N–H and O–H groups in total. The maximum absolute atomic E-state index is 13.7. The van der Waals surface area contributed by atoms with Gasteiger partial charge in [0.25, 0.3) is 5.69 Å².